The second-order valence-electron chi connectivity index (χ2n) is 9.88. The van der Waals surface area contributed by atoms with E-state index < -0.39 is 17.8 Å². The average molecular weight is 543 g/mol. The third-order valence-electron chi connectivity index (χ3n) is 7.04. The van der Waals surface area contributed by atoms with Crippen LogP contribution in [0.1, 0.15) is 23.6 Å². The van der Waals surface area contributed by atoms with Gasteiger partial charge in [0.25, 0.3) is 0 Å². The van der Waals surface area contributed by atoms with Crippen molar-refractivity contribution in [3.8, 4) is 11.1 Å². The van der Waals surface area contributed by atoms with Gasteiger partial charge in [-0.3, -0.25) is 19.6 Å². The van der Waals surface area contributed by atoms with Crippen molar-refractivity contribution in [1.29, 1.82) is 0 Å². The van der Waals surface area contributed by atoms with Gasteiger partial charge in [0.05, 0.1) is 0 Å². The number of carbonyl (C=O) groups is 1. The fourth-order valence-corrected chi connectivity index (χ4v) is 4.62. The molecular formula is C29H33F3N4O3. The minimum atomic E-state index is -4.76. The van der Waals surface area contributed by atoms with Gasteiger partial charge in [-0.1, -0.05) is 48.5 Å². The lowest BCUT2D eigenvalue weighted by molar-refractivity contribution is -0.258. The Bertz CT molecular complexity index is 1220. The topological polar surface area (TPSA) is 91.9 Å². The normalized spacial score (nSPS) is 18.5. The summed E-state index contributed by atoms with van der Waals surface area (Å²) in [6.45, 7) is 4.42. The third kappa shape index (κ3) is 7.02. The molecule has 2 aromatic carbocycles. The molecule has 3 N–H and O–H groups in total. The summed E-state index contributed by atoms with van der Waals surface area (Å²) in [5.41, 5.74) is 6.12. The zero-order chi connectivity index (χ0) is 28.0. The van der Waals surface area contributed by atoms with Crippen LogP contribution in [0, 0.1) is 0 Å². The summed E-state index contributed by atoms with van der Waals surface area (Å²) in [5.74, 6) is -0.289. The first-order valence-electron chi connectivity index (χ1n) is 12.8. The van der Waals surface area contributed by atoms with Crippen LogP contribution in [0.2, 0.25) is 0 Å². The van der Waals surface area contributed by atoms with E-state index in [9.17, 15) is 23.1 Å². The number of nitrogens with two attached hydrogens (primary N) is 1. The molecule has 0 saturated carbocycles. The number of pyridine rings is 1. The molecule has 0 radical (unpaired) electrons. The minimum Gasteiger partial charge on any atom is -0.463 e. The molecule has 1 aliphatic rings. The highest BCUT2D eigenvalue weighted by Crippen LogP contribution is 2.39. The molecule has 1 aliphatic heterocycles. The maximum Gasteiger partial charge on any atom is 0.421 e. The molecule has 1 unspecified atom stereocenters. The predicted octanol–water partition coefficient (Wildman–Crippen LogP) is 3.71. The fraction of sp³-hybridized carbons (Fsp3) is 0.379. The molecule has 4 rings (SSSR count). The number of carbonyl (C=O) groups excluding carboxylic acids is 1. The van der Waals surface area contributed by atoms with Gasteiger partial charge in [-0.15, -0.1) is 0 Å². The van der Waals surface area contributed by atoms with Crippen molar-refractivity contribution in [2.24, 2.45) is 5.73 Å². The summed E-state index contributed by atoms with van der Waals surface area (Å²) >= 11 is 0. The van der Waals surface area contributed by atoms with Gasteiger partial charge in [0.2, 0.25) is 0 Å². The molecule has 2 atom stereocenters. The van der Waals surface area contributed by atoms with E-state index in [1.807, 2.05) is 36.4 Å². The molecule has 1 aromatic heterocycles. The molecule has 10 heteroatoms. The SMILES string of the molecule is CC(O)(c1ccc(-c2ccc(CN3CCN(Cc4ccncc4)[C@H](C(=O)OCCN)C3)cc2)cc1)C(F)(F)F. The minimum absolute atomic E-state index is 0.175. The van der Waals surface area contributed by atoms with E-state index in [2.05, 4.69) is 14.8 Å². The highest BCUT2D eigenvalue weighted by molar-refractivity contribution is 5.76. The summed E-state index contributed by atoms with van der Waals surface area (Å²) in [7, 11) is 0. The molecule has 208 valence electrons. The Labute approximate surface area is 226 Å². The van der Waals surface area contributed by atoms with Crippen molar-refractivity contribution in [2.45, 2.75) is 37.8 Å². The van der Waals surface area contributed by atoms with Gasteiger partial charge < -0.3 is 15.6 Å². The summed E-state index contributed by atoms with van der Waals surface area (Å²) in [4.78, 5) is 21.2. The lowest BCUT2D eigenvalue weighted by atomic mass is 9.93. The second kappa shape index (κ2) is 12.3. The molecule has 3 aromatic rings. The first-order chi connectivity index (χ1) is 18.6. The van der Waals surface area contributed by atoms with Crippen molar-refractivity contribution in [2.75, 3.05) is 32.8 Å². The summed E-state index contributed by atoms with van der Waals surface area (Å²) < 4.78 is 44.8. The molecule has 0 amide bonds. The zero-order valence-corrected chi connectivity index (χ0v) is 21.8. The van der Waals surface area contributed by atoms with Crippen LogP contribution >= 0.6 is 0 Å². The number of esters is 1. The second-order valence-corrected chi connectivity index (χ2v) is 9.88. The number of aliphatic hydroxyl groups is 1. The van der Waals surface area contributed by atoms with E-state index in [1.165, 1.54) is 12.1 Å². The van der Waals surface area contributed by atoms with Crippen LogP contribution < -0.4 is 5.73 Å². The van der Waals surface area contributed by atoms with Crippen molar-refractivity contribution in [3.63, 3.8) is 0 Å². The number of alkyl halides is 3. The number of ether oxygens (including phenoxy) is 1. The van der Waals surface area contributed by atoms with Crippen LogP contribution in [0.15, 0.2) is 73.1 Å². The Morgan fingerprint density at radius 3 is 2.15 bits per heavy atom. The van der Waals surface area contributed by atoms with Crippen LogP contribution in [0.4, 0.5) is 13.2 Å². The quantitative estimate of drug-likeness (QED) is 0.399. The molecule has 39 heavy (non-hydrogen) atoms. The molecule has 0 spiro atoms. The number of hydrogen-bond acceptors (Lipinski definition) is 7. The van der Waals surface area contributed by atoms with E-state index in [1.54, 1.807) is 24.5 Å². The van der Waals surface area contributed by atoms with E-state index in [4.69, 9.17) is 10.5 Å². The first kappa shape index (κ1) is 28.7. The molecule has 0 bridgehead atoms. The highest BCUT2D eigenvalue weighted by Gasteiger charge is 2.51. The number of nitrogens with zero attached hydrogens (tertiary/aromatic N) is 3. The summed E-state index contributed by atoms with van der Waals surface area (Å²) in [6.07, 6.45) is -1.30. The van der Waals surface area contributed by atoms with Gasteiger partial charge in [-0.25, -0.2) is 0 Å². The van der Waals surface area contributed by atoms with Gasteiger partial charge in [-0.05, 0) is 46.9 Å². The van der Waals surface area contributed by atoms with Gasteiger partial charge in [0.15, 0.2) is 5.60 Å². The number of aromatic nitrogens is 1. The van der Waals surface area contributed by atoms with Gasteiger partial charge in [0.1, 0.15) is 12.6 Å². The maximum atomic E-state index is 13.1. The monoisotopic (exact) mass is 542 g/mol. The van der Waals surface area contributed by atoms with Crippen LogP contribution in [0.25, 0.3) is 11.1 Å². The Balaban J connectivity index is 1.41. The van der Waals surface area contributed by atoms with Gasteiger partial charge >= 0.3 is 12.1 Å². The number of benzene rings is 2. The number of halogens is 3. The average Bonchev–Trinajstić information content (AvgIpc) is 2.93. The summed E-state index contributed by atoms with van der Waals surface area (Å²) in [5, 5.41) is 9.89. The van der Waals surface area contributed by atoms with Crippen LogP contribution in [-0.2, 0) is 28.2 Å². The van der Waals surface area contributed by atoms with Crippen molar-refractivity contribution < 1.29 is 27.8 Å². The Kier molecular flexibility index (Phi) is 9.01. The molecule has 7 nitrogen and oxygen atoms in total. The van der Waals surface area contributed by atoms with Gasteiger partial charge in [0, 0.05) is 51.7 Å². The lowest BCUT2D eigenvalue weighted by Crippen LogP contribution is -2.56. The Morgan fingerprint density at radius 2 is 1.56 bits per heavy atom. The van der Waals surface area contributed by atoms with Gasteiger partial charge in [-0.2, -0.15) is 13.2 Å². The predicted molar refractivity (Wildman–Crippen MR) is 141 cm³/mol. The Morgan fingerprint density at radius 1 is 0.974 bits per heavy atom. The van der Waals surface area contributed by atoms with Crippen LogP contribution in [0.5, 0.6) is 0 Å². The van der Waals surface area contributed by atoms with Crippen molar-refractivity contribution in [3.05, 3.63) is 89.7 Å². The summed E-state index contributed by atoms with van der Waals surface area (Å²) in [6, 6.07) is 17.0. The zero-order valence-electron chi connectivity index (χ0n) is 21.8. The first-order valence-corrected chi connectivity index (χ1v) is 12.8. The molecular weight excluding hydrogens is 509 g/mol. The van der Waals surface area contributed by atoms with E-state index in [0.29, 0.717) is 26.2 Å². The molecule has 1 fully saturated rings. The van der Waals surface area contributed by atoms with Crippen molar-refractivity contribution in [1.82, 2.24) is 14.8 Å². The highest BCUT2D eigenvalue weighted by atomic mass is 19.4. The standard InChI is InChI=1S/C29H33F3N4O3/c1-28(38,29(30,31)32)25-8-6-24(7-9-25)23-4-2-21(3-5-23)18-35-15-16-36(19-22-10-13-34-14-11-22)26(20-35)27(37)39-17-12-33/h2-11,13-14,26,38H,12,15-20,33H2,1H3/t26-,28?/m0/s1. The molecule has 0 aliphatic carbocycles. The molecule has 1 saturated heterocycles. The van der Waals surface area contributed by atoms with E-state index >= 15 is 0 Å². The number of piperazine rings is 1. The van der Waals surface area contributed by atoms with E-state index in [-0.39, 0.29) is 24.7 Å². The fourth-order valence-electron chi connectivity index (χ4n) is 4.62. The number of rotatable bonds is 9. The number of hydrogen-bond donors (Lipinski definition) is 2. The smallest absolute Gasteiger partial charge is 0.421 e. The van der Waals surface area contributed by atoms with Crippen LogP contribution in [0.3, 0.4) is 0 Å². The lowest BCUT2D eigenvalue weighted by Gasteiger charge is -2.40. The third-order valence-corrected chi connectivity index (χ3v) is 7.04. The molecule has 2 heterocycles. The van der Waals surface area contributed by atoms with Crippen molar-refractivity contribution >= 4 is 5.97 Å². The Hall–Kier alpha value is -3.31. The largest absolute Gasteiger partial charge is 0.463 e. The van der Waals surface area contributed by atoms with Crippen LogP contribution in [-0.4, -0.2) is 70.9 Å². The maximum absolute atomic E-state index is 13.1. The van der Waals surface area contributed by atoms with E-state index in [0.717, 1.165) is 35.7 Å².